The third-order valence-electron chi connectivity index (χ3n) is 2.28. The van der Waals surface area contributed by atoms with E-state index in [2.05, 4.69) is 35.4 Å². The van der Waals surface area contributed by atoms with Gasteiger partial charge in [-0.1, -0.05) is 24.3 Å². The van der Waals surface area contributed by atoms with E-state index in [1.165, 1.54) is 10.3 Å². The van der Waals surface area contributed by atoms with Crippen LogP contribution in [0.5, 0.6) is 0 Å². The van der Waals surface area contributed by atoms with Crippen molar-refractivity contribution in [3.63, 3.8) is 0 Å². The van der Waals surface area contributed by atoms with Crippen LogP contribution in [0.15, 0.2) is 18.2 Å². The lowest BCUT2D eigenvalue weighted by molar-refractivity contribution is 1.02. The Morgan fingerprint density at radius 3 is 3.07 bits per heavy atom. The minimum absolute atomic E-state index is 0.635. The molecule has 1 heterocycles. The first-order valence-electron chi connectivity index (χ1n) is 5.17. The lowest BCUT2D eigenvalue weighted by atomic mass is 10.2. The smallest absolute Gasteiger partial charge is 0.183 e. The van der Waals surface area contributed by atoms with Gasteiger partial charge in [0.25, 0.3) is 0 Å². The highest BCUT2D eigenvalue weighted by Crippen LogP contribution is 2.26. The van der Waals surface area contributed by atoms with Crippen LogP contribution in [0.25, 0.3) is 10.2 Å². The van der Waals surface area contributed by atoms with Crippen LogP contribution in [0.3, 0.4) is 0 Å². The van der Waals surface area contributed by atoms with Gasteiger partial charge in [-0.05, 0) is 24.1 Å². The van der Waals surface area contributed by atoms with Gasteiger partial charge in [0, 0.05) is 13.1 Å². The van der Waals surface area contributed by atoms with Crippen molar-refractivity contribution in [2.75, 3.05) is 18.4 Å². The normalized spacial score (nSPS) is 10.8. The summed E-state index contributed by atoms with van der Waals surface area (Å²) in [6.45, 7) is 3.58. The molecule has 1 aromatic carbocycles. The van der Waals surface area contributed by atoms with Gasteiger partial charge in [-0.15, -0.1) is 0 Å². The third kappa shape index (κ3) is 2.27. The van der Waals surface area contributed by atoms with E-state index in [4.69, 9.17) is 5.73 Å². The molecule has 80 valence electrons. The molecule has 2 rings (SSSR count). The average Bonchev–Trinajstić information content (AvgIpc) is 2.67. The van der Waals surface area contributed by atoms with Crippen molar-refractivity contribution >= 4 is 26.7 Å². The van der Waals surface area contributed by atoms with E-state index < -0.39 is 0 Å². The van der Waals surface area contributed by atoms with Gasteiger partial charge in [-0.3, -0.25) is 0 Å². The number of aryl methyl sites for hydroxylation is 1. The van der Waals surface area contributed by atoms with Crippen molar-refractivity contribution in [3.05, 3.63) is 23.8 Å². The minimum Gasteiger partial charge on any atom is -0.360 e. The Morgan fingerprint density at radius 2 is 2.33 bits per heavy atom. The molecular formula is C11H15N3S. The highest BCUT2D eigenvalue weighted by atomic mass is 32.1. The Bertz CT molecular complexity index is 450. The molecule has 0 radical (unpaired) electrons. The van der Waals surface area contributed by atoms with Gasteiger partial charge in [0.05, 0.1) is 10.2 Å². The number of hydrogen-bond donors (Lipinski definition) is 2. The second-order valence-electron chi connectivity index (χ2n) is 3.39. The molecule has 0 amide bonds. The molecule has 0 aliphatic rings. The van der Waals surface area contributed by atoms with Crippen LogP contribution in [0.4, 0.5) is 5.13 Å². The molecule has 0 bridgehead atoms. The quantitative estimate of drug-likeness (QED) is 0.832. The zero-order valence-corrected chi connectivity index (χ0v) is 9.60. The molecule has 3 N–H and O–H groups in total. The number of thiazole rings is 1. The Morgan fingerprint density at radius 1 is 1.47 bits per heavy atom. The number of anilines is 1. The molecular weight excluding hydrogens is 206 g/mol. The minimum atomic E-state index is 0.635. The van der Waals surface area contributed by atoms with E-state index in [0.29, 0.717) is 6.54 Å². The van der Waals surface area contributed by atoms with E-state index in [0.717, 1.165) is 23.6 Å². The van der Waals surface area contributed by atoms with Crippen molar-refractivity contribution in [1.82, 2.24) is 4.98 Å². The fourth-order valence-corrected chi connectivity index (χ4v) is 2.40. The first kappa shape index (κ1) is 10.4. The molecule has 0 spiro atoms. The summed E-state index contributed by atoms with van der Waals surface area (Å²) in [6, 6.07) is 6.42. The van der Waals surface area contributed by atoms with Crippen LogP contribution < -0.4 is 11.1 Å². The molecule has 0 aliphatic heterocycles. The zero-order chi connectivity index (χ0) is 10.7. The Kier molecular flexibility index (Phi) is 3.18. The fraction of sp³-hybridized carbons (Fsp3) is 0.364. The first-order valence-corrected chi connectivity index (χ1v) is 5.98. The van der Waals surface area contributed by atoms with Crippen molar-refractivity contribution in [2.45, 2.75) is 13.3 Å². The van der Waals surface area contributed by atoms with Gasteiger partial charge in [0.1, 0.15) is 0 Å². The summed E-state index contributed by atoms with van der Waals surface area (Å²) in [5.74, 6) is 0. The molecule has 1 aromatic heterocycles. The maximum absolute atomic E-state index is 5.43. The van der Waals surface area contributed by atoms with E-state index in [9.17, 15) is 0 Å². The molecule has 0 unspecified atom stereocenters. The Balaban J connectivity index is 2.29. The second kappa shape index (κ2) is 4.59. The van der Waals surface area contributed by atoms with E-state index in [1.54, 1.807) is 11.3 Å². The number of nitrogens with one attached hydrogen (secondary N) is 1. The summed E-state index contributed by atoms with van der Waals surface area (Å²) >= 11 is 1.69. The number of nitrogens with two attached hydrogens (primary N) is 1. The lowest BCUT2D eigenvalue weighted by Crippen LogP contribution is -2.12. The standard InChI is InChI=1S/C11H15N3S/c1-2-8-3-4-9-10(7-8)15-11(14-9)13-6-5-12/h3-4,7H,2,5-6,12H2,1H3,(H,13,14). The number of nitrogens with zero attached hydrogens (tertiary/aromatic N) is 1. The molecule has 0 fully saturated rings. The molecule has 2 aromatic rings. The molecule has 0 saturated carbocycles. The van der Waals surface area contributed by atoms with E-state index >= 15 is 0 Å². The number of rotatable bonds is 4. The SMILES string of the molecule is CCc1ccc2nc(NCCN)sc2c1. The maximum Gasteiger partial charge on any atom is 0.183 e. The number of hydrogen-bond acceptors (Lipinski definition) is 4. The van der Waals surface area contributed by atoms with Crippen molar-refractivity contribution < 1.29 is 0 Å². The summed E-state index contributed by atoms with van der Waals surface area (Å²) in [4.78, 5) is 4.48. The zero-order valence-electron chi connectivity index (χ0n) is 8.79. The van der Waals surface area contributed by atoms with Gasteiger partial charge < -0.3 is 11.1 Å². The number of fused-ring (bicyclic) bond motifs is 1. The van der Waals surface area contributed by atoms with Crippen LogP contribution in [0.2, 0.25) is 0 Å². The molecule has 0 saturated heterocycles. The van der Waals surface area contributed by atoms with Crippen molar-refractivity contribution in [2.24, 2.45) is 5.73 Å². The maximum atomic E-state index is 5.43. The second-order valence-corrected chi connectivity index (χ2v) is 4.42. The molecule has 3 nitrogen and oxygen atoms in total. The predicted octanol–water partition coefficient (Wildman–Crippen LogP) is 2.23. The van der Waals surface area contributed by atoms with Crippen LogP contribution >= 0.6 is 11.3 Å². The summed E-state index contributed by atoms with van der Waals surface area (Å²) in [7, 11) is 0. The van der Waals surface area contributed by atoms with Gasteiger partial charge >= 0.3 is 0 Å². The lowest BCUT2D eigenvalue weighted by Gasteiger charge is -1.95. The summed E-state index contributed by atoms with van der Waals surface area (Å²) < 4.78 is 1.24. The Hall–Kier alpha value is -1.13. The summed E-state index contributed by atoms with van der Waals surface area (Å²) in [5, 5.41) is 4.17. The topological polar surface area (TPSA) is 50.9 Å². The molecule has 4 heteroatoms. The largest absolute Gasteiger partial charge is 0.360 e. The third-order valence-corrected chi connectivity index (χ3v) is 3.26. The predicted molar refractivity (Wildman–Crippen MR) is 66.5 cm³/mol. The van der Waals surface area contributed by atoms with Gasteiger partial charge in [0.2, 0.25) is 0 Å². The van der Waals surface area contributed by atoms with Crippen LogP contribution in [-0.4, -0.2) is 18.1 Å². The molecule has 15 heavy (non-hydrogen) atoms. The highest BCUT2D eigenvalue weighted by molar-refractivity contribution is 7.22. The fourth-order valence-electron chi connectivity index (χ4n) is 1.44. The van der Waals surface area contributed by atoms with E-state index in [-0.39, 0.29) is 0 Å². The van der Waals surface area contributed by atoms with Gasteiger partial charge in [0.15, 0.2) is 5.13 Å². The monoisotopic (exact) mass is 221 g/mol. The Labute approximate surface area is 93.3 Å². The molecule has 0 aliphatic carbocycles. The van der Waals surface area contributed by atoms with Crippen LogP contribution in [0.1, 0.15) is 12.5 Å². The average molecular weight is 221 g/mol. The van der Waals surface area contributed by atoms with Crippen molar-refractivity contribution in [3.8, 4) is 0 Å². The van der Waals surface area contributed by atoms with Gasteiger partial charge in [-0.2, -0.15) is 0 Å². The number of benzene rings is 1. The summed E-state index contributed by atoms with van der Waals surface area (Å²) in [6.07, 6.45) is 1.07. The molecule has 0 atom stereocenters. The first-order chi connectivity index (χ1) is 7.33. The van der Waals surface area contributed by atoms with Crippen molar-refractivity contribution in [1.29, 1.82) is 0 Å². The van der Waals surface area contributed by atoms with Crippen LogP contribution in [-0.2, 0) is 6.42 Å². The van der Waals surface area contributed by atoms with Gasteiger partial charge in [-0.25, -0.2) is 4.98 Å². The number of aromatic nitrogens is 1. The van der Waals surface area contributed by atoms with E-state index in [1.807, 2.05) is 0 Å². The highest BCUT2D eigenvalue weighted by Gasteiger charge is 2.03. The van der Waals surface area contributed by atoms with Crippen LogP contribution in [0, 0.1) is 0 Å². The summed E-state index contributed by atoms with van der Waals surface area (Å²) in [5.41, 5.74) is 7.85.